The van der Waals surface area contributed by atoms with Crippen LogP contribution in [0.3, 0.4) is 0 Å². The van der Waals surface area contributed by atoms with Gasteiger partial charge in [0.05, 0.1) is 0 Å². The fraction of sp³-hybridized carbons (Fsp3) is 0.821. The number of carbonyl (C=O) groups is 1. The number of hydrogen-bond donors (Lipinski definition) is 1. The number of hydrogen-bond acceptors (Lipinski definition) is 1. The van der Waals surface area contributed by atoms with Crippen molar-refractivity contribution in [1.29, 1.82) is 0 Å². The molecule has 0 aliphatic rings. The summed E-state index contributed by atoms with van der Waals surface area (Å²) in [4.78, 5) is 10.6. The van der Waals surface area contributed by atoms with Crippen LogP contribution in [-0.4, -0.2) is 11.1 Å². The highest BCUT2D eigenvalue weighted by molar-refractivity contribution is 5.66. The summed E-state index contributed by atoms with van der Waals surface area (Å²) in [6.07, 6.45) is 33.1. The van der Waals surface area contributed by atoms with Crippen molar-refractivity contribution in [2.75, 3.05) is 0 Å². The van der Waals surface area contributed by atoms with Crippen molar-refractivity contribution in [2.45, 2.75) is 149 Å². The maximum absolute atomic E-state index is 10.6. The molecule has 0 rings (SSSR count). The molecule has 0 saturated carbocycles. The van der Waals surface area contributed by atoms with Crippen LogP contribution in [-0.2, 0) is 4.79 Å². The van der Waals surface area contributed by atoms with Crippen LogP contribution in [0.1, 0.15) is 149 Å². The SMILES string of the molecule is CCCCCCCCC=CC(=CCCCCCCCC)CCCCCCCC(=O)O. The molecule has 0 amide bonds. The Balaban J connectivity index is 4.09. The molecule has 0 aromatic heterocycles. The Kier molecular flexibility index (Phi) is 23.4. The van der Waals surface area contributed by atoms with E-state index in [1.165, 1.54) is 121 Å². The van der Waals surface area contributed by atoms with Crippen molar-refractivity contribution in [1.82, 2.24) is 0 Å². The molecule has 176 valence electrons. The molecule has 0 spiro atoms. The van der Waals surface area contributed by atoms with Crippen LogP contribution in [0, 0.1) is 0 Å². The lowest BCUT2D eigenvalue weighted by molar-refractivity contribution is -0.137. The standard InChI is InChI=1S/C28H52O2/c1-3-5-7-9-11-13-16-20-24-27(23-19-15-12-10-8-6-4-2)25-21-17-14-18-22-26-28(29)30/h20,23-24H,3-19,21-22,25-26H2,1-2H3,(H,29,30). The first-order valence-electron chi connectivity index (χ1n) is 13.3. The van der Waals surface area contributed by atoms with Crippen LogP contribution in [0.25, 0.3) is 0 Å². The molecule has 0 heterocycles. The van der Waals surface area contributed by atoms with E-state index < -0.39 is 5.97 Å². The minimum atomic E-state index is -0.662. The Hall–Kier alpha value is -1.05. The van der Waals surface area contributed by atoms with E-state index in [1.54, 1.807) is 0 Å². The molecule has 2 nitrogen and oxygen atoms in total. The van der Waals surface area contributed by atoms with E-state index in [4.69, 9.17) is 5.11 Å². The van der Waals surface area contributed by atoms with Crippen molar-refractivity contribution in [3.63, 3.8) is 0 Å². The maximum atomic E-state index is 10.6. The fourth-order valence-corrected chi connectivity index (χ4v) is 3.88. The number of rotatable bonds is 23. The molecule has 0 aromatic rings. The number of carboxylic acid groups (broad SMARTS) is 1. The summed E-state index contributed by atoms with van der Waals surface area (Å²) in [6.45, 7) is 4.55. The number of unbranched alkanes of at least 4 members (excludes halogenated alkanes) is 16. The lowest BCUT2D eigenvalue weighted by atomic mass is 10.0. The van der Waals surface area contributed by atoms with E-state index in [9.17, 15) is 4.79 Å². The highest BCUT2D eigenvalue weighted by atomic mass is 16.4. The Morgan fingerprint density at radius 3 is 1.63 bits per heavy atom. The van der Waals surface area contributed by atoms with Crippen LogP contribution in [0.4, 0.5) is 0 Å². The molecule has 0 aromatic carbocycles. The molecule has 0 unspecified atom stereocenters. The van der Waals surface area contributed by atoms with E-state index >= 15 is 0 Å². The Labute approximate surface area is 188 Å². The Morgan fingerprint density at radius 1 is 0.600 bits per heavy atom. The monoisotopic (exact) mass is 420 g/mol. The predicted molar refractivity (Wildman–Crippen MR) is 133 cm³/mol. The minimum absolute atomic E-state index is 0.324. The fourth-order valence-electron chi connectivity index (χ4n) is 3.88. The van der Waals surface area contributed by atoms with Gasteiger partial charge in [-0.15, -0.1) is 0 Å². The van der Waals surface area contributed by atoms with Crippen molar-refractivity contribution >= 4 is 5.97 Å². The van der Waals surface area contributed by atoms with Crippen molar-refractivity contribution in [3.05, 3.63) is 23.8 Å². The quantitative estimate of drug-likeness (QED) is 0.132. The third kappa shape index (κ3) is 23.2. The predicted octanol–water partition coefficient (Wildman–Crippen LogP) is 9.79. The molecule has 0 atom stereocenters. The van der Waals surface area contributed by atoms with Crippen LogP contribution in [0.2, 0.25) is 0 Å². The summed E-state index contributed by atoms with van der Waals surface area (Å²) in [5.74, 6) is -0.662. The molecule has 30 heavy (non-hydrogen) atoms. The average molecular weight is 421 g/mol. The second-order valence-electron chi connectivity index (χ2n) is 8.96. The molecule has 0 saturated heterocycles. The van der Waals surface area contributed by atoms with Crippen LogP contribution >= 0.6 is 0 Å². The van der Waals surface area contributed by atoms with Gasteiger partial charge in [-0.1, -0.05) is 121 Å². The second-order valence-corrected chi connectivity index (χ2v) is 8.96. The molecule has 0 radical (unpaired) electrons. The summed E-state index contributed by atoms with van der Waals surface area (Å²) >= 11 is 0. The summed E-state index contributed by atoms with van der Waals surface area (Å²) in [5, 5.41) is 8.71. The molecule has 0 fully saturated rings. The lowest BCUT2D eigenvalue weighted by Crippen LogP contribution is -1.93. The van der Waals surface area contributed by atoms with Gasteiger partial charge in [0.1, 0.15) is 0 Å². The number of carboxylic acids is 1. The van der Waals surface area contributed by atoms with Gasteiger partial charge in [0.15, 0.2) is 0 Å². The van der Waals surface area contributed by atoms with Gasteiger partial charge in [-0.3, -0.25) is 4.79 Å². The van der Waals surface area contributed by atoms with E-state index in [1.807, 2.05) is 0 Å². The zero-order valence-electron chi connectivity index (χ0n) is 20.4. The summed E-state index contributed by atoms with van der Waals surface area (Å²) < 4.78 is 0. The van der Waals surface area contributed by atoms with Gasteiger partial charge in [0.2, 0.25) is 0 Å². The molecule has 2 heteroatoms. The Bertz CT molecular complexity index is 422. The number of aliphatic carboxylic acids is 1. The summed E-state index contributed by atoms with van der Waals surface area (Å²) in [6, 6.07) is 0. The summed E-state index contributed by atoms with van der Waals surface area (Å²) in [5.41, 5.74) is 1.53. The van der Waals surface area contributed by atoms with E-state index in [2.05, 4.69) is 32.1 Å². The van der Waals surface area contributed by atoms with Crippen LogP contribution < -0.4 is 0 Å². The highest BCUT2D eigenvalue weighted by Crippen LogP contribution is 2.16. The number of allylic oxidation sites excluding steroid dienone is 4. The van der Waals surface area contributed by atoms with Gasteiger partial charge < -0.3 is 5.11 Å². The largest absolute Gasteiger partial charge is 0.481 e. The van der Waals surface area contributed by atoms with Gasteiger partial charge in [-0.05, 0) is 44.9 Å². The molecule has 0 aliphatic heterocycles. The summed E-state index contributed by atoms with van der Waals surface area (Å²) in [7, 11) is 0. The van der Waals surface area contributed by atoms with E-state index in [0.29, 0.717) is 6.42 Å². The third-order valence-electron chi connectivity index (χ3n) is 5.88. The molecular weight excluding hydrogens is 368 g/mol. The second kappa shape index (κ2) is 24.2. The van der Waals surface area contributed by atoms with Crippen LogP contribution in [0.15, 0.2) is 23.8 Å². The smallest absolute Gasteiger partial charge is 0.303 e. The van der Waals surface area contributed by atoms with Gasteiger partial charge in [-0.25, -0.2) is 0 Å². The first-order valence-corrected chi connectivity index (χ1v) is 13.3. The van der Waals surface area contributed by atoms with Crippen molar-refractivity contribution in [3.8, 4) is 0 Å². The molecule has 1 N–H and O–H groups in total. The molecule has 0 bridgehead atoms. The lowest BCUT2D eigenvalue weighted by Gasteiger charge is -2.05. The van der Waals surface area contributed by atoms with E-state index in [-0.39, 0.29) is 0 Å². The van der Waals surface area contributed by atoms with Crippen LogP contribution in [0.5, 0.6) is 0 Å². The molecule has 0 aliphatic carbocycles. The Morgan fingerprint density at radius 2 is 1.07 bits per heavy atom. The zero-order chi connectivity index (χ0) is 22.1. The topological polar surface area (TPSA) is 37.3 Å². The molecular formula is C28H52O2. The average Bonchev–Trinajstić information content (AvgIpc) is 2.73. The highest BCUT2D eigenvalue weighted by Gasteiger charge is 1.98. The minimum Gasteiger partial charge on any atom is -0.481 e. The normalized spacial score (nSPS) is 12.1. The van der Waals surface area contributed by atoms with Gasteiger partial charge >= 0.3 is 5.97 Å². The van der Waals surface area contributed by atoms with Crippen molar-refractivity contribution < 1.29 is 9.90 Å². The van der Waals surface area contributed by atoms with Gasteiger partial charge in [0.25, 0.3) is 0 Å². The maximum Gasteiger partial charge on any atom is 0.303 e. The first kappa shape index (κ1) is 28.9. The third-order valence-corrected chi connectivity index (χ3v) is 5.88. The first-order chi connectivity index (χ1) is 14.7. The van der Waals surface area contributed by atoms with E-state index in [0.717, 1.165) is 12.8 Å². The van der Waals surface area contributed by atoms with Crippen molar-refractivity contribution in [2.24, 2.45) is 0 Å². The van der Waals surface area contributed by atoms with Gasteiger partial charge in [-0.2, -0.15) is 0 Å². The van der Waals surface area contributed by atoms with Gasteiger partial charge in [0, 0.05) is 6.42 Å². The zero-order valence-corrected chi connectivity index (χ0v) is 20.4.